The molecule has 16 heavy (non-hydrogen) atoms. The van der Waals surface area contributed by atoms with E-state index in [1.165, 1.54) is 6.39 Å². The van der Waals surface area contributed by atoms with Gasteiger partial charge in [-0.05, 0) is 30.7 Å². The first kappa shape index (κ1) is 11.1. The molecular formula is C11H14N2O3. The van der Waals surface area contributed by atoms with E-state index in [2.05, 4.69) is 4.98 Å². The molecule has 1 heterocycles. The molecule has 0 spiro atoms. The molecule has 2 unspecified atom stereocenters. The molecule has 2 rings (SSSR count). The Morgan fingerprint density at radius 2 is 2.19 bits per heavy atom. The van der Waals surface area contributed by atoms with Crippen molar-refractivity contribution in [1.29, 1.82) is 0 Å². The number of oxazole rings is 1. The summed E-state index contributed by atoms with van der Waals surface area (Å²) in [5.41, 5.74) is 7.25. The SMILES string of the molecule is NCCC(O)C(O)c1ccc2ocnc2c1. The molecule has 0 bridgehead atoms. The van der Waals surface area contributed by atoms with E-state index >= 15 is 0 Å². The molecule has 0 amide bonds. The molecule has 0 aliphatic rings. The Kier molecular flexibility index (Phi) is 3.19. The Morgan fingerprint density at radius 3 is 2.94 bits per heavy atom. The normalized spacial score (nSPS) is 15.2. The molecule has 5 nitrogen and oxygen atoms in total. The highest BCUT2D eigenvalue weighted by molar-refractivity contribution is 5.72. The zero-order valence-electron chi connectivity index (χ0n) is 8.71. The summed E-state index contributed by atoms with van der Waals surface area (Å²) in [6, 6.07) is 5.12. The van der Waals surface area contributed by atoms with Crippen LogP contribution >= 0.6 is 0 Å². The van der Waals surface area contributed by atoms with Gasteiger partial charge in [-0.25, -0.2) is 4.98 Å². The number of nitrogens with zero attached hydrogens (tertiary/aromatic N) is 1. The molecule has 0 saturated heterocycles. The third-order valence-electron chi connectivity index (χ3n) is 2.52. The van der Waals surface area contributed by atoms with Gasteiger partial charge >= 0.3 is 0 Å². The number of benzene rings is 1. The maximum absolute atomic E-state index is 9.85. The highest BCUT2D eigenvalue weighted by Crippen LogP contribution is 2.22. The molecule has 0 aliphatic carbocycles. The third-order valence-corrected chi connectivity index (χ3v) is 2.52. The summed E-state index contributed by atoms with van der Waals surface area (Å²) in [4.78, 5) is 3.98. The summed E-state index contributed by atoms with van der Waals surface area (Å²) in [6.07, 6.45) is -0.0891. The zero-order chi connectivity index (χ0) is 11.5. The van der Waals surface area contributed by atoms with E-state index in [-0.39, 0.29) is 0 Å². The van der Waals surface area contributed by atoms with Crippen LogP contribution in [-0.4, -0.2) is 27.8 Å². The quantitative estimate of drug-likeness (QED) is 0.703. The first-order valence-electron chi connectivity index (χ1n) is 5.11. The monoisotopic (exact) mass is 222 g/mol. The van der Waals surface area contributed by atoms with Crippen LogP contribution in [0.3, 0.4) is 0 Å². The van der Waals surface area contributed by atoms with E-state index in [4.69, 9.17) is 10.2 Å². The van der Waals surface area contributed by atoms with Gasteiger partial charge in [0, 0.05) is 0 Å². The Bertz CT molecular complexity index is 469. The summed E-state index contributed by atoms with van der Waals surface area (Å²) in [7, 11) is 0. The Labute approximate surface area is 92.5 Å². The first-order valence-corrected chi connectivity index (χ1v) is 5.11. The molecule has 1 aromatic carbocycles. The lowest BCUT2D eigenvalue weighted by molar-refractivity contribution is 0.0151. The lowest BCUT2D eigenvalue weighted by Gasteiger charge is -2.17. The van der Waals surface area contributed by atoms with Crippen LogP contribution in [0.4, 0.5) is 0 Å². The van der Waals surface area contributed by atoms with Crippen LogP contribution in [0.25, 0.3) is 11.1 Å². The van der Waals surface area contributed by atoms with Gasteiger partial charge in [0.25, 0.3) is 0 Å². The van der Waals surface area contributed by atoms with Gasteiger partial charge in [0.1, 0.15) is 11.6 Å². The average Bonchev–Trinajstić information content (AvgIpc) is 2.75. The Morgan fingerprint density at radius 1 is 1.38 bits per heavy atom. The molecule has 5 heteroatoms. The molecule has 0 saturated carbocycles. The van der Waals surface area contributed by atoms with Crippen molar-refractivity contribution < 1.29 is 14.6 Å². The van der Waals surface area contributed by atoms with Gasteiger partial charge in [-0.15, -0.1) is 0 Å². The zero-order valence-corrected chi connectivity index (χ0v) is 8.71. The van der Waals surface area contributed by atoms with Crippen molar-refractivity contribution in [3.8, 4) is 0 Å². The number of aliphatic hydroxyl groups excluding tert-OH is 2. The standard InChI is InChI=1S/C11H14N2O3/c12-4-3-9(14)11(15)7-1-2-10-8(5-7)13-6-16-10/h1-2,5-6,9,11,14-15H,3-4,12H2. The second-order valence-corrected chi connectivity index (χ2v) is 3.67. The third kappa shape index (κ3) is 2.06. The molecule has 2 aromatic rings. The van der Waals surface area contributed by atoms with Crippen molar-refractivity contribution in [3.63, 3.8) is 0 Å². The van der Waals surface area contributed by atoms with E-state index in [9.17, 15) is 10.2 Å². The lowest BCUT2D eigenvalue weighted by Crippen LogP contribution is -2.21. The molecule has 86 valence electrons. The lowest BCUT2D eigenvalue weighted by atomic mass is 10.0. The fourth-order valence-electron chi connectivity index (χ4n) is 1.61. The van der Waals surface area contributed by atoms with Crippen molar-refractivity contribution in [2.75, 3.05) is 6.54 Å². The van der Waals surface area contributed by atoms with E-state index in [0.717, 1.165) is 0 Å². The highest BCUT2D eigenvalue weighted by atomic mass is 16.3. The van der Waals surface area contributed by atoms with Crippen LogP contribution in [0.2, 0.25) is 0 Å². The second kappa shape index (κ2) is 4.61. The van der Waals surface area contributed by atoms with E-state index in [1.54, 1.807) is 18.2 Å². The minimum absolute atomic E-state index is 0.338. The average molecular weight is 222 g/mol. The summed E-state index contributed by atoms with van der Waals surface area (Å²) >= 11 is 0. The summed E-state index contributed by atoms with van der Waals surface area (Å²) in [5.74, 6) is 0. The maximum atomic E-state index is 9.85. The molecule has 1 aromatic heterocycles. The van der Waals surface area contributed by atoms with E-state index in [0.29, 0.717) is 29.6 Å². The van der Waals surface area contributed by atoms with Gasteiger partial charge in [-0.1, -0.05) is 6.07 Å². The molecular weight excluding hydrogens is 208 g/mol. The van der Waals surface area contributed by atoms with Gasteiger partial charge in [0.2, 0.25) is 0 Å². The van der Waals surface area contributed by atoms with Crippen LogP contribution in [0.1, 0.15) is 18.1 Å². The first-order chi connectivity index (χ1) is 7.72. The minimum atomic E-state index is -0.940. The van der Waals surface area contributed by atoms with Crippen molar-refractivity contribution in [2.24, 2.45) is 5.73 Å². The highest BCUT2D eigenvalue weighted by Gasteiger charge is 2.18. The number of aromatic nitrogens is 1. The Balaban J connectivity index is 2.24. The van der Waals surface area contributed by atoms with Gasteiger partial charge < -0.3 is 20.4 Å². The van der Waals surface area contributed by atoms with Gasteiger partial charge in [-0.3, -0.25) is 0 Å². The molecule has 0 radical (unpaired) electrons. The van der Waals surface area contributed by atoms with Crippen LogP contribution in [0, 0.1) is 0 Å². The minimum Gasteiger partial charge on any atom is -0.443 e. The Hall–Kier alpha value is -1.43. The number of rotatable bonds is 4. The number of hydrogen-bond donors (Lipinski definition) is 3. The molecule has 0 fully saturated rings. The fraction of sp³-hybridized carbons (Fsp3) is 0.364. The summed E-state index contributed by atoms with van der Waals surface area (Å²) in [5, 5.41) is 19.5. The topological polar surface area (TPSA) is 92.5 Å². The predicted molar refractivity (Wildman–Crippen MR) is 58.6 cm³/mol. The van der Waals surface area contributed by atoms with Crippen molar-refractivity contribution in [2.45, 2.75) is 18.6 Å². The number of hydrogen-bond acceptors (Lipinski definition) is 5. The van der Waals surface area contributed by atoms with Crippen LogP contribution in [0.5, 0.6) is 0 Å². The van der Waals surface area contributed by atoms with Gasteiger partial charge in [-0.2, -0.15) is 0 Å². The van der Waals surface area contributed by atoms with Crippen LogP contribution in [-0.2, 0) is 0 Å². The summed E-state index contributed by atoms with van der Waals surface area (Å²) < 4.78 is 5.09. The number of fused-ring (bicyclic) bond motifs is 1. The molecule has 4 N–H and O–H groups in total. The number of aliphatic hydroxyl groups is 2. The molecule has 0 aliphatic heterocycles. The molecule has 2 atom stereocenters. The van der Waals surface area contributed by atoms with Gasteiger partial charge in [0.05, 0.1) is 6.10 Å². The maximum Gasteiger partial charge on any atom is 0.181 e. The van der Waals surface area contributed by atoms with Gasteiger partial charge in [0.15, 0.2) is 12.0 Å². The number of nitrogens with two attached hydrogens (primary N) is 1. The van der Waals surface area contributed by atoms with Crippen molar-refractivity contribution in [1.82, 2.24) is 4.98 Å². The van der Waals surface area contributed by atoms with Crippen molar-refractivity contribution >= 4 is 11.1 Å². The van der Waals surface area contributed by atoms with E-state index in [1.807, 2.05) is 0 Å². The second-order valence-electron chi connectivity index (χ2n) is 3.67. The summed E-state index contributed by atoms with van der Waals surface area (Å²) in [6.45, 7) is 0.338. The van der Waals surface area contributed by atoms with Crippen LogP contribution < -0.4 is 5.73 Å². The van der Waals surface area contributed by atoms with Crippen LogP contribution in [0.15, 0.2) is 29.0 Å². The largest absolute Gasteiger partial charge is 0.443 e. The van der Waals surface area contributed by atoms with E-state index < -0.39 is 12.2 Å². The smallest absolute Gasteiger partial charge is 0.181 e. The van der Waals surface area contributed by atoms with Crippen molar-refractivity contribution in [3.05, 3.63) is 30.2 Å². The fourth-order valence-corrected chi connectivity index (χ4v) is 1.61. The predicted octanol–water partition coefficient (Wildman–Crippen LogP) is 0.571.